The quantitative estimate of drug-likeness (QED) is 0.657. The van der Waals surface area contributed by atoms with Gasteiger partial charge in [-0.2, -0.15) is 5.26 Å². The van der Waals surface area contributed by atoms with E-state index in [1.54, 1.807) is 11.9 Å². The number of benzene rings is 1. The Labute approximate surface area is 183 Å². The van der Waals surface area contributed by atoms with E-state index in [1.165, 1.54) is 17.3 Å². The Morgan fingerprint density at radius 2 is 1.83 bits per heavy atom. The number of nitriles is 1. The molecule has 7 heteroatoms. The third-order valence-electron chi connectivity index (χ3n) is 6.07. The second-order valence-electron chi connectivity index (χ2n) is 9.14. The Morgan fingerprint density at radius 3 is 2.40 bits per heavy atom. The largest absolute Gasteiger partial charge is 0.326 e. The lowest BCUT2D eigenvalue weighted by Crippen LogP contribution is -2.50. The fourth-order valence-electron chi connectivity index (χ4n) is 3.93. The van der Waals surface area contributed by atoms with Crippen molar-refractivity contribution >= 4 is 17.7 Å². The number of nitrogens with zero attached hydrogens (tertiary/aromatic N) is 5. The van der Waals surface area contributed by atoms with Crippen molar-refractivity contribution in [3.05, 3.63) is 29.8 Å². The van der Waals surface area contributed by atoms with Crippen LogP contribution in [-0.2, 0) is 17.3 Å². The normalized spacial score (nSPS) is 16.1. The lowest BCUT2D eigenvalue weighted by molar-refractivity contribution is -0.131. The summed E-state index contributed by atoms with van der Waals surface area (Å²) in [5.74, 6) is 0.983. The summed E-state index contributed by atoms with van der Waals surface area (Å²) in [4.78, 5) is 14.5. The van der Waals surface area contributed by atoms with Gasteiger partial charge in [0, 0.05) is 19.7 Å². The molecule has 0 atom stereocenters. The van der Waals surface area contributed by atoms with E-state index < -0.39 is 5.54 Å². The number of rotatable bonds is 5. The highest BCUT2D eigenvalue weighted by molar-refractivity contribution is 7.99. The predicted molar refractivity (Wildman–Crippen MR) is 120 cm³/mol. The topological polar surface area (TPSA) is 74.8 Å². The first-order valence-electron chi connectivity index (χ1n) is 10.5. The fraction of sp³-hybridized carbons (Fsp3) is 0.565. The van der Waals surface area contributed by atoms with Crippen LogP contribution < -0.4 is 0 Å². The SMILES string of the molecule is CN(C(=O)CSc1nnc(-c2ccc(C(C)(C)C)cc2)n1C)C1(C#N)CCCCC1. The molecule has 1 aliphatic carbocycles. The molecule has 2 aromatic rings. The number of carbonyl (C=O) groups excluding carboxylic acids is 1. The molecule has 0 N–H and O–H groups in total. The van der Waals surface area contributed by atoms with Gasteiger partial charge < -0.3 is 9.47 Å². The van der Waals surface area contributed by atoms with E-state index in [1.807, 2.05) is 11.6 Å². The number of hydrogen-bond acceptors (Lipinski definition) is 5. The molecular formula is C23H31N5OS. The fourth-order valence-corrected chi connectivity index (χ4v) is 4.76. The van der Waals surface area contributed by atoms with Crippen LogP contribution >= 0.6 is 11.8 Å². The molecule has 0 spiro atoms. The highest BCUT2D eigenvalue weighted by atomic mass is 32.2. The Kier molecular flexibility index (Phi) is 6.56. The second-order valence-corrected chi connectivity index (χ2v) is 10.1. The van der Waals surface area contributed by atoms with Gasteiger partial charge in [-0.15, -0.1) is 10.2 Å². The molecule has 0 radical (unpaired) electrons. The van der Waals surface area contributed by atoms with Crippen LogP contribution in [0.4, 0.5) is 0 Å². The monoisotopic (exact) mass is 425 g/mol. The summed E-state index contributed by atoms with van der Waals surface area (Å²) in [6.07, 6.45) is 4.65. The van der Waals surface area contributed by atoms with Gasteiger partial charge in [-0.3, -0.25) is 4.79 Å². The summed E-state index contributed by atoms with van der Waals surface area (Å²) >= 11 is 1.37. The van der Waals surface area contributed by atoms with Gasteiger partial charge in [-0.1, -0.05) is 76.1 Å². The van der Waals surface area contributed by atoms with Gasteiger partial charge in [0.15, 0.2) is 11.0 Å². The Bertz CT molecular complexity index is 930. The van der Waals surface area contributed by atoms with Crippen LogP contribution in [0.1, 0.15) is 58.4 Å². The molecule has 1 aromatic heterocycles. The first-order chi connectivity index (χ1) is 14.2. The van der Waals surface area contributed by atoms with E-state index in [0.29, 0.717) is 5.16 Å². The average molecular weight is 426 g/mol. The molecular weight excluding hydrogens is 394 g/mol. The minimum Gasteiger partial charge on any atom is -0.326 e. The van der Waals surface area contributed by atoms with Crippen molar-refractivity contribution in [2.45, 2.75) is 69.0 Å². The minimum absolute atomic E-state index is 0.0393. The zero-order chi connectivity index (χ0) is 21.9. The van der Waals surface area contributed by atoms with Crippen LogP contribution in [0.3, 0.4) is 0 Å². The zero-order valence-electron chi connectivity index (χ0n) is 18.6. The van der Waals surface area contributed by atoms with Crippen molar-refractivity contribution in [3.8, 4) is 17.5 Å². The molecule has 1 aromatic carbocycles. The number of hydrogen-bond donors (Lipinski definition) is 0. The Hall–Kier alpha value is -2.33. The predicted octanol–water partition coefficient (Wildman–Crippen LogP) is 4.56. The molecule has 1 aliphatic rings. The first-order valence-corrected chi connectivity index (χ1v) is 11.5. The Balaban J connectivity index is 1.68. The van der Waals surface area contributed by atoms with Crippen molar-refractivity contribution in [2.24, 2.45) is 7.05 Å². The molecule has 6 nitrogen and oxygen atoms in total. The van der Waals surface area contributed by atoms with Gasteiger partial charge in [0.05, 0.1) is 11.8 Å². The smallest absolute Gasteiger partial charge is 0.234 e. The standard InChI is InChI=1S/C23H31N5OS/c1-22(2,3)18-11-9-17(10-12-18)20-25-26-21(27(20)4)30-15-19(29)28(5)23(16-24)13-7-6-8-14-23/h9-12H,6-8,13-15H2,1-5H3. The minimum atomic E-state index is -0.657. The van der Waals surface area contributed by atoms with Gasteiger partial charge in [-0.05, 0) is 23.8 Å². The van der Waals surface area contributed by atoms with Crippen LogP contribution in [0.2, 0.25) is 0 Å². The van der Waals surface area contributed by atoms with Crippen molar-refractivity contribution in [1.82, 2.24) is 19.7 Å². The number of carbonyl (C=O) groups is 1. The second kappa shape index (κ2) is 8.81. The van der Waals surface area contributed by atoms with Gasteiger partial charge in [0.25, 0.3) is 0 Å². The van der Waals surface area contributed by atoms with E-state index in [-0.39, 0.29) is 17.1 Å². The summed E-state index contributed by atoms with van der Waals surface area (Å²) in [6, 6.07) is 10.8. The highest BCUT2D eigenvalue weighted by Gasteiger charge is 2.38. The molecule has 3 rings (SSSR count). The molecule has 0 saturated heterocycles. The van der Waals surface area contributed by atoms with Crippen LogP contribution in [0, 0.1) is 11.3 Å². The van der Waals surface area contributed by atoms with E-state index in [4.69, 9.17) is 0 Å². The molecule has 0 unspecified atom stereocenters. The number of amides is 1. The van der Waals surface area contributed by atoms with Gasteiger partial charge >= 0.3 is 0 Å². The zero-order valence-corrected chi connectivity index (χ0v) is 19.4. The lowest BCUT2D eigenvalue weighted by Gasteiger charge is -2.39. The molecule has 1 amide bonds. The maximum absolute atomic E-state index is 12.8. The Morgan fingerprint density at radius 1 is 1.20 bits per heavy atom. The third-order valence-corrected chi connectivity index (χ3v) is 7.08. The van der Waals surface area contributed by atoms with E-state index in [0.717, 1.165) is 43.5 Å². The summed E-state index contributed by atoms with van der Waals surface area (Å²) in [5.41, 5.74) is 1.71. The average Bonchev–Trinajstić information content (AvgIpc) is 3.11. The van der Waals surface area contributed by atoms with Crippen molar-refractivity contribution in [2.75, 3.05) is 12.8 Å². The lowest BCUT2D eigenvalue weighted by atomic mass is 9.81. The molecule has 1 fully saturated rings. The van der Waals surface area contributed by atoms with Gasteiger partial charge in [0.2, 0.25) is 5.91 Å². The maximum Gasteiger partial charge on any atom is 0.234 e. The molecule has 160 valence electrons. The van der Waals surface area contributed by atoms with Crippen molar-refractivity contribution in [1.29, 1.82) is 5.26 Å². The molecule has 1 heterocycles. The molecule has 1 saturated carbocycles. The van der Waals surface area contributed by atoms with Crippen LogP contribution in [0.15, 0.2) is 29.4 Å². The highest BCUT2D eigenvalue weighted by Crippen LogP contribution is 2.33. The first kappa shape index (κ1) is 22.4. The van der Waals surface area contributed by atoms with Crippen molar-refractivity contribution < 1.29 is 4.79 Å². The summed E-state index contributed by atoms with van der Waals surface area (Å²) in [5, 5.41) is 19.0. The van der Waals surface area contributed by atoms with Crippen LogP contribution in [-0.4, -0.2) is 43.9 Å². The maximum atomic E-state index is 12.8. The summed E-state index contributed by atoms with van der Waals surface area (Å²) < 4.78 is 1.92. The van der Waals surface area contributed by atoms with E-state index in [9.17, 15) is 10.1 Å². The van der Waals surface area contributed by atoms with Crippen molar-refractivity contribution in [3.63, 3.8) is 0 Å². The van der Waals surface area contributed by atoms with E-state index in [2.05, 4.69) is 61.3 Å². The van der Waals surface area contributed by atoms with Crippen LogP contribution in [0.5, 0.6) is 0 Å². The van der Waals surface area contributed by atoms with Gasteiger partial charge in [-0.25, -0.2) is 0 Å². The molecule has 0 bridgehead atoms. The number of aromatic nitrogens is 3. The summed E-state index contributed by atoms with van der Waals surface area (Å²) in [7, 11) is 3.68. The van der Waals surface area contributed by atoms with Gasteiger partial charge in [0.1, 0.15) is 5.54 Å². The molecule has 30 heavy (non-hydrogen) atoms. The van der Waals surface area contributed by atoms with E-state index >= 15 is 0 Å². The third kappa shape index (κ3) is 4.54. The van der Waals surface area contributed by atoms with Crippen LogP contribution in [0.25, 0.3) is 11.4 Å². The summed E-state index contributed by atoms with van der Waals surface area (Å²) in [6.45, 7) is 6.57. The molecule has 0 aliphatic heterocycles. The number of thioether (sulfide) groups is 1.